The highest BCUT2D eigenvalue weighted by molar-refractivity contribution is 6.06. The van der Waals surface area contributed by atoms with Crippen LogP contribution in [0.25, 0.3) is 0 Å². The predicted octanol–water partition coefficient (Wildman–Crippen LogP) is 2.09. The average Bonchev–Trinajstić information content (AvgIpc) is 2.79. The normalized spacial score (nSPS) is 32.6. The molecule has 1 saturated heterocycles. The summed E-state index contributed by atoms with van der Waals surface area (Å²) >= 11 is 0. The predicted molar refractivity (Wildman–Crippen MR) is 104 cm³/mol. The molecule has 1 heterocycles. The molecule has 0 radical (unpaired) electrons. The largest absolute Gasteiger partial charge is 0.356 e. The third-order valence-electron chi connectivity index (χ3n) is 5.65. The standard InChI is InChI=1S/C19H35N5O2/c1-6-19(4)16(25)24(18(26)23-19)9-7-8-21-17(20-5)22-15-11-13(2)10-14(3)12-15/h13-15H,6-12H2,1-5H3,(H,23,26)(H2,20,21,22). The first-order valence-corrected chi connectivity index (χ1v) is 9.90. The van der Waals surface area contributed by atoms with E-state index in [4.69, 9.17) is 0 Å². The van der Waals surface area contributed by atoms with E-state index in [-0.39, 0.29) is 11.9 Å². The molecule has 2 aliphatic rings. The molecular formula is C19H35N5O2. The zero-order valence-corrected chi connectivity index (χ0v) is 16.9. The van der Waals surface area contributed by atoms with Gasteiger partial charge in [0.15, 0.2) is 5.96 Å². The zero-order chi connectivity index (χ0) is 19.3. The zero-order valence-electron chi connectivity index (χ0n) is 16.9. The fourth-order valence-electron chi connectivity index (χ4n) is 4.09. The first kappa shape index (κ1) is 20.5. The van der Waals surface area contributed by atoms with Crippen LogP contribution in [0.15, 0.2) is 4.99 Å². The second kappa shape index (κ2) is 8.73. The molecule has 2 rings (SSSR count). The number of hydrogen-bond acceptors (Lipinski definition) is 3. The van der Waals surface area contributed by atoms with Gasteiger partial charge in [-0.25, -0.2) is 4.79 Å². The number of hydrogen-bond donors (Lipinski definition) is 3. The molecule has 0 bridgehead atoms. The minimum Gasteiger partial charge on any atom is -0.356 e. The lowest BCUT2D eigenvalue weighted by atomic mass is 9.80. The summed E-state index contributed by atoms with van der Waals surface area (Å²) in [7, 11) is 1.77. The molecule has 3 amide bonds. The molecule has 148 valence electrons. The van der Waals surface area contributed by atoms with Crippen molar-refractivity contribution in [2.75, 3.05) is 20.1 Å². The topological polar surface area (TPSA) is 85.8 Å². The van der Waals surface area contributed by atoms with Crippen molar-refractivity contribution in [3.63, 3.8) is 0 Å². The Morgan fingerprint density at radius 1 is 1.27 bits per heavy atom. The molecule has 3 atom stereocenters. The number of urea groups is 1. The van der Waals surface area contributed by atoms with E-state index in [1.54, 1.807) is 14.0 Å². The van der Waals surface area contributed by atoms with Crippen molar-refractivity contribution in [2.24, 2.45) is 16.8 Å². The van der Waals surface area contributed by atoms with Crippen LogP contribution in [0.2, 0.25) is 0 Å². The summed E-state index contributed by atoms with van der Waals surface area (Å²) in [5.74, 6) is 2.15. The van der Waals surface area contributed by atoms with E-state index >= 15 is 0 Å². The van der Waals surface area contributed by atoms with Crippen molar-refractivity contribution in [1.29, 1.82) is 0 Å². The molecule has 7 nitrogen and oxygen atoms in total. The maximum Gasteiger partial charge on any atom is 0.325 e. The van der Waals surface area contributed by atoms with Gasteiger partial charge in [-0.2, -0.15) is 0 Å². The van der Waals surface area contributed by atoms with Crippen molar-refractivity contribution in [3.8, 4) is 0 Å². The number of carbonyl (C=O) groups is 2. The molecule has 3 unspecified atom stereocenters. The molecule has 0 aromatic rings. The number of aliphatic imine (C=N–C) groups is 1. The first-order valence-electron chi connectivity index (χ1n) is 9.90. The van der Waals surface area contributed by atoms with E-state index in [0.717, 1.165) is 17.8 Å². The maximum absolute atomic E-state index is 12.4. The Balaban J connectivity index is 1.74. The van der Waals surface area contributed by atoms with Crippen molar-refractivity contribution in [3.05, 3.63) is 0 Å². The molecule has 3 N–H and O–H groups in total. The number of carbonyl (C=O) groups excluding carboxylic acids is 2. The van der Waals surface area contributed by atoms with Crippen molar-refractivity contribution < 1.29 is 9.59 Å². The Hall–Kier alpha value is -1.79. The SMILES string of the molecule is CCC1(C)NC(=O)N(CCCNC(=NC)NC2CC(C)CC(C)C2)C1=O. The van der Waals surface area contributed by atoms with E-state index in [0.29, 0.717) is 32.0 Å². The van der Waals surface area contributed by atoms with Crippen LogP contribution in [0.1, 0.15) is 59.8 Å². The summed E-state index contributed by atoms with van der Waals surface area (Å²) in [5, 5.41) is 9.60. The smallest absolute Gasteiger partial charge is 0.325 e. The van der Waals surface area contributed by atoms with Crippen LogP contribution in [-0.2, 0) is 4.79 Å². The molecule has 0 aromatic carbocycles. The summed E-state index contributed by atoms with van der Waals surface area (Å²) in [5.41, 5.74) is -0.753. The monoisotopic (exact) mass is 365 g/mol. The Bertz CT molecular complexity index is 540. The summed E-state index contributed by atoms with van der Waals surface area (Å²) < 4.78 is 0. The van der Waals surface area contributed by atoms with Crippen LogP contribution in [0, 0.1) is 11.8 Å². The highest BCUT2D eigenvalue weighted by Crippen LogP contribution is 2.28. The van der Waals surface area contributed by atoms with Gasteiger partial charge in [0, 0.05) is 26.2 Å². The van der Waals surface area contributed by atoms with Gasteiger partial charge in [0.1, 0.15) is 5.54 Å². The van der Waals surface area contributed by atoms with Gasteiger partial charge in [-0.3, -0.25) is 14.7 Å². The minimum atomic E-state index is -0.753. The lowest BCUT2D eigenvalue weighted by Crippen LogP contribution is -2.47. The van der Waals surface area contributed by atoms with Crippen LogP contribution >= 0.6 is 0 Å². The van der Waals surface area contributed by atoms with E-state index in [1.807, 2.05) is 6.92 Å². The van der Waals surface area contributed by atoms with Gasteiger partial charge in [0.25, 0.3) is 5.91 Å². The van der Waals surface area contributed by atoms with Gasteiger partial charge in [0.2, 0.25) is 0 Å². The number of rotatable bonds is 6. The highest BCUT2D eigenvalue weighted by Gasteiger charge is 2.45. The minimum absolute atomic E-state index is 0.127. The molecule has 2 fully saturated rings. The maximum atomic E-state index is 12.4. The quantitative estimate of drug-likeness (QED) is 0.291. The van der Waals surface area contributed by atoms with E-state index in [2.05, 4.69) is 34.8 Å². The number of nitrogens with zero attached hydrogens (tertiary/aromatic N) is 2. The van der Waals surface area contributed by atoms with Crippen LogP contribution in [0.3, 0.4) is 0 Å². The van der Waals surface area contributed by atoms with Gasteiger partial charge in [0.05, 0.1) is 0 Å². The second-order valence-electron chi connectivity index (χ2n) is 8.18. The Morgan fingerprint density at radius 2 is 1.92 bits per heavy atom. The number of guanidine groups is 1. The third-order valence-corrected chi connectivity index (χ3v) is 5.65. The number of amides is 3. The number of nitrogens with one attached hydrogen (secondary N) is 3. The van der Waals surface area contributed by atoms with E-state index in [9.17, 15) is 9.59 Å². The average molecular weight is 366 g/mol. The summed E-state index contributed by atoms with van der Waals surface area (Å²) in [6.45, 7) is 9.39. The molecule has 1 aliphatic heterocycles. The molecular weight excluding hydrogens is 330 g/mol. The fraction of sp³-hybridized carbons (Fsp3) is 0.842. The van der Waals surface area contributed by atoms with E-state index < -0.39 is 5.54 Å². The molecule has 1 saturated carbocycles. The van der Waals surface area contributed by atoms with Crippen LogP contribution in [0.4, 0.5) is 4.79 Å². The lowest BCUT2D eigenvalue weighted by Gasteiger charge is -2.32. The van der Waals surface area contributed by atoms with Crippen LogP contribution in [0.5, 0.6) is 0 Å². The Kier molecular flexibility index (Phi) is 6.89. The molecule has 26 heavy (non-hydrogen) atoms. The second-order valence-corrected chi connectivity index (χ2v) is 8.18. The van der Waals surface area contributed by atoms with Crippen molar-refractivity contribution in [1.82, 2.24) is 20.9 Å². The molecule has 1 aliphatic carbocycles. The van der Waals surface area contributed by atoms with Crippen LogP contribution < -0.4 is 16.0 Å². The fourth-order valence-corrected chi connectivity index (χ4v) is 4.09. The van der Waals surface area contributed by atoms with Gasteiger partial charge < -0.3 is 16.0 Å². The summed E-state index contributed by atoms with van der Waals surface area (Å²) in [6.07, 6.45) is 4.93. The molecule has 0 spiro atoms. The van der Waals surface area contributed by atoms with E-state index in [1.165, 1.54) is 24.2 Å². The van der Waals surface area contributed by atoms with Gasteiger partial charge in [-0.1, -0.05) is 20.8 Å². The van der Waals surface area contributed by atoms with Crippen molar-refractivity contribution >= 4 is 17.9 Å². The first-order chi connectivity index (χ1) is 12.3. The Morgan fingerprint density at radius 3 is 2.46 bits per heavy atom. The highest BCUT2D eigenvalue weighted by atomic mass is 16.2. The Labute approximate surface area is 157 Å². The summed E-state index contributed by atoms with van der Waals surface area (Å²) in [6, 6.07) is 0.170. The van der Waals surface area contributed by atoms with Crippen LogP contribution in [-0.4, -0.2) is 54.5 Å². The summed E-state index contributed by atoms with van der Waals surface area (Å²) in [4.78, 5) is 30.0. The number of imide groups is 1. The van der Waals surface area contributed by atoms with Crippen molar-refractivity contribution in [2.45, 2.75) is 71.4 Å². The molecule has 7 heteroatoms. The van der Waals surface area contributed by atoms with Gasteiger partial charge in [-0.15, -0.1) is 0 Å². The third kappa shape index (κ3) is 4.89. The van der Waals surface area contributed by atoms with Gasteiger partial charge >= 0.3 is 6.03 Å². The molecule has 0 aromatic heterocycles. The van der Waals surface area contributed by atoms with Gasteiger partial charge in [-0.05, 0) is 50.9 Å². The lowest BCUT2D eigenvalue weighted by molar-refractivity contribution is -0.130.